The van der Waals surface area contributed by atoms with Crippen LogP contribution in [0.5, 0.6) is 0 Å². The summed E-state index contributed by atoms with van der Waals surface area (Å²) in [5.41, 5.74) is 1.71. The van der Waals surface area contributed by atoms with Crippen molar-refractivity contribution >= 4 is 39.9 Å². The summed E-state index contributed by atoms with van der Waals surface area (Å²) in [6, 6.07) is 5.74. The average Bonchev–Trinajstić information content (AvgIpc) is 2.89. The van der Waals surface area contributed by atoms with E-state index in [4.69, 9.17) is 0 Å². The number of aromatic nitrogens is 2. The van der Waals surface area contributed by atoms with E-state index < -0.39 is 0 Å². The van der Waals surface area contributed by atoms with Crippen LogP contribution in [0.2, 0.25) is 0 Å². The van der Waals surface area contributed by atoms with Gasteiger partial charge in [-0.05, 0) is 24.0 Å². The van der Waals surface area contributed by atoms with Crippen molar-refractivity contribution in [2.45, 2.75) is 32.4 Å². The molecule has 0 saturated heterocycles. The van der Waals surface area contributed by atoms with E-state index in [0.717, 1.165) is 17.8 Å². The number of carbonyl (C=O) groups is 2. The van der Waals surface area contributed by atoms with E-state index in [1.165, 1.54) is 23.1 Å². The van der Waals surface area contributed by atoms with E-state index in [9.17, 15) is 9.59 Å². The molecule has 3 rings (SSSR count). The second-order valence-electron chi connectivity index (χ2n) is 6.60. The van der Waals surface area contributed by atoms with Crippen LogP contribution in [-0.2, 0) is 17.0 Å². The molecular formula is C17H19N3O2S2. The average molecular weight is 361 g/mol. The molecule has 24 heavy (non-hydrogen) atoms. The molecule has 0 unspecified atom stereocenters. The molecule has 0 saturated carbocycles. The molecule has 1 N–H and O–H groups in total. The summed E-state index contributed by atoms with van der Waals surface area (Å²) in [6.07, 6.45) is 3.05. The first-order valence-electron chi connectivity index (χ1n) is 7.73. The fourth-order valence-corrected chi connectivity index (χ4v) is 4.34. The van der Waals surface area contributed by atoms with Gasteiger partial charge in [0.15, 0.2) is 10.9 Å². The smallest absolute Gasteiger partial charge is 0.236 e. The largest absolute Gasteiger partial charge is 0.301 e. The molecule has 126 valence electrons. The molecule has 0 radical (unpaired) electrons. The maximum Gasteiger partial charge on any atom is 0.236 e. The van der Waals surface area contributed by atoms with Gasteiger partial charge in [0.25, 0.3) is 0 Å². The molecule has 0 bridgehead atoms. The Morgan fingerprint density at radius 2 is 2.21 bits per heavy atom. The number of anilines is 1. The van der Waals surface area contributed by atoms with E-state index in [0.29, 0.717) is 27.9 Å². The molecule has 1 aliphatic carbocycles. The fraction of sp³-hybridized carbons (Fsp3) is 0.412. The third-order valence-corrected chi connectivity index (χ3v) is 5.71. The number of Topliss-reactive ketones (excluding diaryl/α,β-unsaturated/α-hetero) is 1. The SMILES string of the molecule is CC1(C)CC(=O)c2sc(NC(=O)CSCc3ccccn3)nc2C1. The Morgan fingerprint density at radius 1 is 1.38 bits per heavy atom. The maximum atomic E-state index is 12.2. The first kappa shape index (κ1) is 17.1. The zero-order valence-electron chi connectivity index (χ0n) is 13.7. The Morgan fingerprint density at radius 3 is 2.96 bits per heavy atom. The van der Waals surface area contributed by atoms with Crippen LogP contribution in [0, 0.1) is 5.41 Å². The molecule has 0 fully saturated rings. The first-order chi connectivity index (χ1) is 11.4. The number of amides is 1. The Kier molecular flexibility index (Phi) is 5.01. The van der Waals surface area contributed by atoms with Crippen LogP contribution < -0.4 is 5.32 Å². The second kappa shape index (κ2) is 7.03. The molecule has 0 aromatic carbocycles. The summed E-state index contributed by atoms with van der Waals surface area (Å²) in [4.78, 5) is 33.6. The third-order valence-electron chi connectivity index (χ3n) is 3.69. The normalized spacial score (nSPS) is 15.8. The third kappa shape index (κ3) is 4.21. The van der Waals surface area contributed by atoms with Gasteiger partial charge in [0, 0.05) is 18.4 Å². The summed E-state index contributed by atoms with van der Waals surface area (Å²) in [6.45, 7) is 4.14. The molecule has 5 nitrogen and oxygen atoms in total. The minimum Gasteiger partial charge on any atom is -0.301 e. The van der Waals surface area contributed by atoms with Gasteiger partial charge in [-0.2, -0.15) is 0 Å². The number of hydrogen-bond donors (Lipinski definition) is 1. The lowest BCUT2D eigenvalue weighted by atomic mass is 9.78. The lowest BCUT2D eigenvalue weighted by molar-refractivity contribution is -0.113. The zero-order chi connectivity index (χ0) is 17.2. The maximum absolute atomic E-state index is 12.2. The van der Waals surface area contributed by atoms with Gasteiger partial charge >= 0.3 is 0 Å². The lowest BCUT2D eigenvalue weighted by Crippen LogP contribution is -2.26. The van der Waals surface area contributed by atoms with Gasteiger partial charge in [0.05, 0.1) is 22.0 Å². The van der Waals surface area contributed by atoms with Crippen molar-refractivity contribution in [3.8, 4) is 0 Å². The second-order valence-corrected chi connectivity index (χ2v) is 8.58. The molecular weight excluding hydrogens is 342 g/mol. The van der Waals surface area contributed by atoms with Gasteiger partial charge in [-0.15, -0.1) is 11.8 Å². The van der Waals surface area contributed by atoms with Crippen molar-refractivity contribution in [3.63, 3.8) is 0 Å². The lowest BCUT2D eigenvalue weighted by Gasteiger charge is -2.26. The highest BCUT2D eigenvalue weighted by molar-refractivity contribution is 7.99. The van der Waals surface area contributed by atoms with Gasteiger partial charge in [-0.25, -0.2) is 4.98 Å². The highest BCUT2D eigenvalue weighted by Gasteiger charge is 2.34. The van der Waals surface area contributed by atoms with Gasteiger partial charge < -0.3 is 5.32 Å². The molecule has 2 aromatic heterocycles. The first-order valence-corrected chi connectivity index (χ1v) is 9.70. The Bertz CT molecular complexity index is 756. The number of rotatable bonds is 5. The van der Waals surface area contributed by atoms with Crippen LogP contribution in [0.15, 0.2) is 24.4 Å². The number of carbonyl (C=O) groups excluding carboxylic acids is 2. The van der Waals surface area contributed by atoms with Crippen LogP contribution in [0.4, 0.5) is 5.13 Å². The standard InChI is InChI=1S/C17H19N3O2S2/c1-17(2)7-12-15(13(21)8-17)24-16(19-12)20-14(22)10-23-9-11-5-3-4-6-18-11/h3-6H,7-10H2,1-2H3,(H,19,20,22). The van der Waals surface area contributed by atoms with Crippen LogP contribution in [0.25, 0.3) is 0 Å². The van der Waals surface area contributed by atoms with Gasteiger partial charge in [-0.1, -0.05) is 31.3 Å². The van der Waals surface area contributed by atoms with E-state index in [1.807, 2.05) is 18.2 Å². The quantitative estimate of drug-likeness (QED) is 0.881. The molecule has 1 aliphatic rings. The van der Waals surface area contributed by atoms with E-state index in [1.54, 1.807) is 6.20 Å². The van der Waals surface area contributed by atoms with Crippen molar-refractivity contribution in [1.29, 1.82) is 0 Å². The predicted molar refractivity (Wildman–Crippen MR) is 97.6 cm³/mol. The molecule has 0 aliphatic heterocycles. The van der Waals surface area contributed by atoms with Crippen LogP contribution in [-0.4, -0.2) is 27.4 Å². The topological polar surface area (TPSA) is 72.0 Å². The summed E-state index contributed by atoms with van der Waals surface area (Å²) < 4.78 is 0. The molecule has 0 spiro atoms. The molecule has 2 heterocycles. The number of ketones is 1. The number of fused-ring (bicyclic) bond motifs is 1. The number of nitrogens with one attached hydrogen (secondary N) is 1. The summed E-state index contributed by atoms with van der Waals surface area (Å²) in [5.74, 6) is 1.05. The van der Waals surface area contributed by atoms with Gasteiger partial charge in [0.1, 0.15) is 0 Å². The zero-order valence-corrected chi connectivity index (χ0v) is 15.3. The van der Waals surface area contributed by atoms with E-state index >= 15 is 0 Å². The van der Waals surface area contributed by atoms with Crippen LogP contribution in [0.3, 0.4) is 0 Å². The number of thioether (sulfide) groups is 1. The van der Waals surface area contributed by atoms with E-state index in [-0.39, 0.29) is 17.1 Å². The Balaban J connectivity index is 1.55. The Hall–Kier alpha value is -1.73. The number of pyridine rings is 1. The molecule has 2 aromatic rings. The van der Waals surface area contributed by atoms with Crippen molar-refractivity contribution in [2.24, 2.45) is 5.41 Å². The number of thiazole rings is 1. The van der Waals surface area contributed by atoms with Crippen molar-refractivity contribution in [2.75, 3.05) is 11.1 Å². The van der Waals surface area contributed by atoms with Crippen molar-refractivity contribution < 1.29 is 9.59 Å². The van der Waals surface area contributed by atoms with Crippen molar-refractivity contribution in [3.05, 3.63) is 40.7 Å². The highest BCUT2D eigenvalue weighted by atomic mass is 32.2. The Labute approximate surface area is 149 Å². The minimum atomic E-state index is -0.103. The predicted octanol–water partition coefficient (Wildman–Crippen LogP) is 3.57. The van der Waals surface area contributed by atoms with Crippen LogP contribution >= 0.6 is 23.1 Å². The molecule has 7 heteroatoms. The summed E-state index contributed by atoms with van der Waals surface area (Å²) >= 11 is 2.79. The van der Waals surface area contributed by atoms with Crippen LogP contribution in [0.1, 0.15) is 41.3 Å². The van der Waals surface area contributed by atoms with Crippen molar-refractivity contribution in [1.82, 2.24) is 9.97 Å². The van der Waals surface area contributed by atoms with Gasteiger partial charge in [-0.3, -0.25) is 14.6 Å². The van der Waals surface area contributed by atoms with E-state index in [2.05, 4.69) is 29.1 Å². The summed E-state index contributed by atoms with van der Waals surface area (Å²) in [7, 11) is 0. The molecule has 1 amide bonds. The fourth-order valence-electron chi connectivity index (χ4n) is 2.66. The monoisotopic (exact) mass is 361 g/mol. The summed E-state index contributed by atoms with van der Waals surface area (Å²) in [5, 5.41) is 3.33. The highest BCUT2D eigenvalue weighted by Crippen LogP contribution is 2.38. The molecule has 0 atom stereocenters. The number of hydrogen-bond acceptors (Lipinski definition) is 6. The minimum absolute atomic E-state index is 0.0576. The number of nitrogens with zero attached hydrogens (tertiary/aromatic N) is 2. The van der Waals surface area contributed by atoms with Gasteiger partial charge in [0.2, 0.25) is 5.91 Å².